The first kappa shape index (κ1) is 17.4. The Balaban J connectivity index is 1.39. The van der Waals surface area contributed by atoms with Crippen LogP contribution in [0.4, 0.5) is 0 Å². The van der Waals surface area contributed by atoms with Gasteiger partial charge in [-0.3, -0.25) is 4.79 Å². The topological polar surface area (TPSA) is 72.2 Å². The number of nitrogens with one attached hydrogen (secondary N) is 1. The number of carbonyl (C=O) groups is 1. The molecule has 0 saturated heterocycles. The summed E-state index contributed by atoms with van der Waals surface area (Å²) in [5, 5.41) is 16.1. The van der Waals surface area contributed by atoms with Crippen LogP contribution in [0.25, 0.3) is 15.5 Å². The fourth-order valence-electron chi connectivity index (χ4n) is 2.75. The number of hydrogen-bond donors (Lipinski definition) is 1. The molecular formula is C20H19N5OS. The third kappa shape index (κ3) is 3.73. The fourth-order valence-corrected chi connectivity index (χ4v) is 3.57. The molecule has 7 heteroatoms. The number of amides is 1. The molecule has 4 aromatic rings. The summed E-state index contributed by atoms with van der Waals surface area (Å²) in [6.45, 7) is 4.76. The van der Waals surface area contributed by atoms with Crippen LogP contribution in [0.1, 0.15) is 41.3 Å². The van der Waals surface area contributed by atoms with E-state index in [4.69, 9.17) is 0 Å². The molecule has 0 unspecified atom stereocenters. The van der Waals surface area contributed by atoms with Crippen molar-refractivity contribution in [3.63, 3.8) is 0 Å². The van der Waals surface area contributed by atoms with Gasteiger partial charge in [-0.1, -0.05) is 61.6 Å². The maximum absolute atomic E-state index is 12.3. The van der Waals surface area contributed by atoms with Gasteiger partial charge in [-0.05, 0) is 29.2 Å². The molecule has 2 heterocycles. The average molecular weight is 377 g/mol. The lowest BCUT2D eigenvalue weighted by Crippen LogP contribution is -2.22. The SMILES string of the molecule is CC(C)c1ccc(C(=O)NCc2ccc(-c3nn4cnnc4s3)cc2)cc1. The van der Waals surface area contributed by atoms with E-state index in [-0.39, 0.29) is 5.91 Å². The van der Waals surface area contributed by atoms with Crippen LogP contribution in [-0.2, 0) is 6.54 Å². The average Bonchev–Trinajstić information content (AvgIpc) is 3.29. The van der Waals surface area contributed by atoms with E-state index in [0.29, 0.717) is 18.0 Å². The summed E-state index contributed by atoms with van der Waals surface area (Å²) in [5.41, 5.74) is 3.96. The zero-order chi connectivity index (χ0) is 18.8. The third-order valence-electron chi connectivity index (χ3n) is 4.38. The second kappa shape index (κ2) is 7.28. The van der Waals surface area contributed by atoms with E-state index in [1.807, 2.05) is 48.5 Å². The molecule has 0 bridgehead atoms. The standard InChI is InChI=1S/C20H19N5OS/c1-13(2)15-7-9-16(10-8-15)18(26)21-11-14-3-5-17(6-4-14)19-24-25-12-22-23-20(25)27-19/h3-10,12-13H,11H2,1-2H3,(H,21,26). The molecule has 2 aromatic carbocycles. The van der Waals surface area contributed by atoms with Gasteiger partial charge in [0, 0.05) is 17.7 Å². The molecule has 0 aliphatic carbocycles. The molecular weight excluding hydrogens is 358 g/mol. The monoisotopic (exact) mass is 377 g/mol. The van der Waals surface area contributed by atoms with Crippen LogP contribution < -0.4 is 5.32 Å². The largest absolute Gasteiger partial charge is 0.348 e. The Morgan fingerprint density at radius 2 is 1.85 bits per heavy atom. The number of nitrogens with zero attached hydrogens (tertiary/aromatic N) is 4. The third-order valence-corrected chi connectivity index (χ3v) is 5.34. The Morgan fingerprint density at radius 3 is 2.52 bits per heavy atom. The van der Waals surface area contributed by atoms with Gasteiger partial charge in [-0.2, -0.15) is 9.61 Å². The first-order chi connectivity index (χ1) is 13.1. The van der Waals surface area contributed by atoms with Crippen molar-refractivity contribution in [2.75, 3.05) is 0 Å². The minimum Gasteiger partial charge on any atom is -0.348 e. The van der Waals surface area contributed by atoms with E-state index < -0.39 is 0 Å². The number of aromatic nitrogens is 4. The first-order valence-electron chi connectivity index (χ1n) is 8.74. The molecule has 0 atom stereocenters. The molecule has 0 fully saturated rings. The van der Waals surface area contributed by atoms with E-state index in [1.165, 1.54) is 16.9 Å². The molecule has 2 aromatic heterocycles. The fraction of sp³-hybridized carbons (Fsp3) is 0.200. The summed E-state index contributed by atoms with van der Waals surface area (Å²) >= 11 is 1.49. The van der Waals surface area contributed by atoms with Gasteiger partial charge in [0.05, 0.1) is 0 Å². The van der Waals surface area contributed by atoms with Gasteiger partial charge in [0.25, 0.3) is 5.91 Å². The molecule has 0 aliphatic rings. The number of benzene rings is 2. The second-order valence-electron chi connectivity index (χ2n) is 6.62. The van der Waals surface area contributed by atoms with Crippen LogP contribution in [0.5, 0.6) is 0 Å². The van der Waals surface area contributed by atoms with Crippen molar-refractivity contribution in [1.82, 2.24) is 25.1 Å². The van der Waals surface area contributed by atoms with Crippen molar-refractivity contribution in [2.24, 2.45) is 0 Å². The van der Waals surface area contributed by atoms with Crippen molar-refractivity contribution >= 4 is 22.2 Å². The highest BCUT2D eigenvalue weighted by Gasteiger charge is 2.09. The smallest absolute Gasteiger partial charge is 0.251 e. The summed E-state index contributed by atoms with van der Waals surface area (Å²) in [6, 6.07) is 15.8. The summed E-state index contributed by atoms with van der Waals surface area (Å²) < 4.78 is 1.67. The summed E-state index contributed by atoms with van der Waals surface area (Å²) in [5.74, 6) is 0.391. The van der Waals surface area contributed by atoms with Crippen molar-refractivity contribution in [1.29, 1.82) is 0 Å². The molecule has 1 amide bonds. The lowest BCUT2D eigenvalue weighted by molar-refractivity contribution is 0.0951. The zero-order valence-corrected chi connectivity index (χ0v) is 15.9. The maximum atomic E-state index is 12.3. The number of hydrogen-bond acceptors (Lipinski definition) is 5. The maximum Gasteiger partial charge on any atom is 0.251 e. The lowest BCUT2D eigenvalue weighted by atomic mass is 10.0. The highest BCUT2D eigenvalue weighted by Crippen LogP contribution is 2.24. The summed E-state index contributed by atoms with van der Waals surface area (Å²) in [7, 11) is 0. The normalized spacial score (nSPS) is 11.2. The summed E-state index contributed by atoms with van der Waals surface area (Å²) in [4.78, 5) is 13.1. The van der Waals surface area contributed by atoms with Crippen LogP contribution in [-0.4, -0.2) is 25.7 Å². The minimum atomic E-state index is -0.0666. The van der Waals surface area contributed by atoms with Gasteiger partial charge >= 0.3 is 0 Å². The Hall–Kier alpha value is -3.06. The number of carbonyl (C=O) groups excluding carboxylic acids is 1. The number of fused-ring (bicyclic) bond motifs is 1. The van der Waals surface area contributed by atoms with Crippen molar-refractivity contribution in [3.05, 3.63) is 71.5 Å². The molecule has 0 aliphatic heterocycles. The van der Waals surface area contributed by atoms with E-state index in [1.54, 1.807) is 10.8 Å². The molecule has 6 nitrogen and oxygen atoms in total. The molecule has 4 rings (SSSR count). The highest BCUT2D eigenvalue weighted by atomic mass is 32.1. The van der Waals surface area contributed by atoms with Crippen molar-refractivity contribution < 1.29 is 4.79 Å². The predicted molar refractivity (Wildman–Crippen MR) is 106 cm³/mol. The Labute approximate surface area is 160 Å². The molecule has 27 heavy (non-hydrogen) atoms. The van der Waals surface area contributed by atoms with Gasteiger partial charge in [-0.15, -0.1) is 10.2 Å². The van der Waals surface area contributed by atoms with Gasteiger partial charge in [0.2, 0.25) is 4.96 Å². The van der Waals surface area contributed by atoms with E-state index >= 15 is 0 Å². The molecule has 0 spiro atoms. The van der Waals surface area contributed by atoms with Gasteiger partial charge in [0.15, 0.2) is 0 Å². The minimum absolute atomic E-state index is 0.0666. The molecule has 0 radical (unpaired) electrons. The van der Waals surface area contributed by atoms with E-state index in [2.05, 4.69) is 34.5 Å². The van der Waals surface area contributed by atoms with Crippen LogP contribution >= 0.6 is 11.3 Å². The highest BCUT2D eigenvalue weighted by molar-refractivity contribution is 7.19. The second-order valence-corrected chi connectivity index (χ2v) is 7.58. The van der Waals surface area contributed by atoms with Crippen LogP contribution in [0.15, 0.2) is 54.9 Å². The van der Waals surface area contributed by atoms with E-state index in [0.717, 1.165) is 21.1 Å². The predicted octanol–water partition coefficient (Wildman–Crippen LogP) is 3.91. The zero-order valence-electron chi connectivity index (χ0n) is 15.1. The Bertz CT molecular complexity index is 1040. The Kier molecular flexibility index (Phi) is 4.68. The quantitative estimate of drug-likeness (QED) is 0.572. The van der Waals surface area contributed by atoms with Gasteiger partial charge in [0.1, 0.15) is 11.3 Å². The van der Waals surface area contributed by atoms with E-state index in [9.17, 15) is 4.79 Å². The van der Waals surface area contributed by atoms with Gasteiger partial charge in [-0.25, -0.2) is 0 Å². The van der Waals surface area contributed by atoms with Crippen molar-refractivity contribution in [3.8, 4) is 10.6 Å². The van der Waals surface area contributed by atoms with Gasteiger partial charge < -0.3 is 5.32 Å². The number of rotatable bonds is 5. The Morgan fingerprint density at radius 1 is 1.11 bits per heavy atom. The van der Waals surface area contributed by atoms with Crippen molar-refractivity contribution in [2.45, 2.75) is 26.3 Å². The lowest BCUT2D eigenvalue weighted by Gasteiger charge is -2.08. The molecule has 0 saturated carbocycles. The van der Waals surface area contributed by atoms with Crippen LogP contribution in [0.2, 0.25) is 0 Å². The summed E-state index contributed by atoms with van der Waals surface area (Å²) in [6.07, 6.45) is 1.59. The first-order valence-corrected chi connectivity index (χ1v) is 9.56. The van der Waals surface area contributed by atoms with Crippen LogP contribution in [0, 0.1) is 0 Å². The molecule has 136 valence electrons. The molecule has 1 N–H and O–H groups in total. The van der Waals surface area contributed by atoms with Crippen LogP contribution in [0.3, 0.4) is 0 Å².